The zero-order valence-electron chi connectivity index (χ0n) is 11.5. The van der Waals surface area contributed by atoms with Crippen LogP contribution < -0.4 is 5.43 Å². The molecule has 104 valence electrons. The fourth-order valence-corrected chi connectivity index (χ4v) is 2.37. The van der Waals surface area contributed by atoms with Crippen molar-refractivity contribution in [3.05, 3.63) is 69.6 Å². The summed E-state index contributed by atoms with van der Waals surface area (Å²) < 4.78 is 1.87. The Morgan fingerprint density at radius 1 is 1.15 bits per heavy atom. The molecule has 0 aliphatic carbocycles. The van der Waals surface area contributed by atoms with E-state index in [0.717, 1.165) is 17.0 Å². The van der Waals surface area contributed by atoms with Crippen molar-refractivity contribution in [3.63, 3.8) is 0 Å². The molecule has 2 aromatic rings. The number of benzene rings is 1. The average molecular weight is 271 g/mol. The van der Waals surface area contributed by atoms with Gasteiger partial charge in [-0.1, -0.05) is 30.3 Å². The highest BCUT2D eigenvalue weighted by molar-refractivity contribution is 5.76. The van der Waals surface area contributed by atoms with E-state index >= 15 is 0 Å². The predicted molar refractivity (Wildman–Crippen MR) is 77.0 cm³/mol. The Bertz CT molecular complexity index is 648. The zero-order valence-corrected chi connectivity index (χ0v) is 11.5. The molecule has 20 heavy (non-hydrogen) atoms. The van der Waals surface area contributed by atoms with Crippen LogP contribution in [0.15, 0.2) is 47.3 Å². The molecule has 0 unspecified atom stereocenters. The first kappa shape index (κ1) is 14.1. The van der Waals surface area contributed by atoms with E-state index in [1.807, 2.05) is 48.7 Å². The van der Waals surface area contributed by atoms with Gasteiger partial charge in [-0.05, 0) is 19.4 Å². The van der Waals surface area contributed by atoms with E-state index < -0.39 is 11.9 Å². The first-order chi connectivity index (χ1) is 9.49. The smallest absolute Gasteiger partial charge is 0.312 e. The number of aryl methyl sites for hydroxylation is 2. The molecule has 0 fully saturated rings. The number of aliphatic carboxylic acids is 1. The van der Waals surface area contributed by atoms with Crippen LogP contribution in [0.4, 0.5) is 0 Å². The monoisotopic (exact) mass is 271 g/mol. The number of hydrogen-bond acceptors (Lipinski definition) is 2. The maximum absolute atomic E-state index is 11.5. The van der Waals surface area contributed by atoms with E-state index in [1.165, 1.54) is 12.1 Å². The highest BCUT2D eigenvalue weighted by Gasteiger charge is 2.21. The van der Waals surface area contributed by atoms with Gasteiger partial charge in [-0.3, -0.25) is 9.59 Å². The summed E-state index contributed by atoms with van der Waals surface area (Å²) in [4.78, 5) is 22.9. The van der Waals surface area contributed by atoms with Crippen LogP contribution in [0.3, 0.4) is 0 Å². The number of carbonyl (C=O) groups is 1. The summed E-state index contributed by atoms with van der Waals surface area (Å²) in [5.41, 5.74) is 2.26. The van der Waals surface area contributed by atoms with Gasteiger partial charge in [0.05, 0.1) is 5.92 Å². The Morgan fingerprint density at radius 3 is 2.20 bits per heavy atom. The molecule has 1 atom stereocenters. The lowest BCUT2D eigenvalue weighted by Crippen LogP contribution is -2.22. The number of aromatic nitrogens is 1. The number of carboxylic acid groups (broad SMARTS) is 1. The predicted octanol–water partition coefficient (Wildman–Crippen LogP) is 2.33. The third kappa shape index (κ3) is 2.96. The van der Waals surface area contributed by atoms with Gasteiger partial charge in [-0.25, -0.2) is 0 Å². The molecule has 1 aromatic heterocycles. The van der Waals surface area contributed by atoms with Crippen LogP contribution in [-0.2, 0) is 11.3 Å². The van der Waals surface area contributed by atoms with Crippen molar-refractivity contribution in [2.24, 2.45) is 0 Å². The summed E-state index contributed by atoms with van der Waals surface area (Å²) in [6.45, 7) is 3.95. The highest BCUT2D eigenvalue weighted by atomic mass is 16.4. The average Bonchev–Trinajstić information content (AvgIpc) is 2.38. The van der Waals surface area contributed by atoms with Gasteiger partial charge >= 0.3 is 5.97 Å². The van der Waals surface area contributed by atoms with E-state index in [9.17, 15) is 14.7 Å². The molecule has 1 N–H and O–H groups in total. The first-order valence-electron chi connectivity index (χ1n) is 6.45. The van der Waals surface area contributed by atoms with Gasteiger partial charge in [-0.15, -0.1) is 0 Å². The van der Waals surface area contributed by atoms with Gasteiger partial charge in [0.2, 0.25) is 0 Å². The minimum Gasteiger partial charge on any atom is -0.481 e. The molecular formula is C16H17NO3. The second-order valence-corrected chi connectivity index (χ2v) is 4.89. The second kappa shape index (κ2) is 5.74. The molecule has 1 heterocycles. The van der Waals surface area contributed by atoms with Crippen molar-refractivity contribution in [2.75, 3.05) is 0 Å². The summed E-state index contributed by atoms with van der Waals surface area (Å²) in [6.07, 6.45) is 0. The summed E-state index contributed by atoms with van der Waals surface area (Å²) in [7, 11) is 0. The van der Waals surface area contributed by atoms with Crippen LogP contribution in [-0.4, -0.2) is 15.6 Å². The Kier molecular flexibility index (Phi) is 4.03. The molecule has 0 saturated carbocycles. The maximum Gasteiger partial charge on any atom is 0.312 e. The molecule has 1 aromatic carbocycles. The molecule has 4 nitrogen and oxygen atoms in total. The Balaban J connectivity index is 2.40. The van der Waals surface area contributed by atoms with Gasteiger partial charge in [0.1, 0.15) is 0 Å². The molecule has 0 bridgehead atoms. The Morgan fingerprint density at radius 2 is 1.70 bits per heavy atom. The number of rotatable bonds is 4. The van der Waals surface area contributed by atoms with Gasteiger partial charge in [0, 0.05) is 30.1 Å². The highest BCUT2D eigenvalue weighted by Crippen LogP contribution is 2.19. The van der Waals surface area contributed by atoms with Crippen LogP contribution in [0, 0.1) is 13.8 Å². The molecule has 0 amide bonds. The summed E-state index contributed by atoms with van der Waals surface area (Å²) in [6, 6.07) is 12.2. The van der Waals surface area contributed by atoms with Crippen LogP contribution >= 0.6 is 0 Å². The van der Waals surface area contributed by atoms with Crippen LogP contribution in [0.5, 0.6) is 0 Å². The first-order valence-corrected chi connectivity index (χ1v) is 6.45. The van der Waals surface area contributed by atoms with Crippen molar-refractivity contribution in [1.29, 1.82) is 0 Å². The van der Waals surface area contributed by atoms with E-state index in [0.29, 0.717) is 6.54 Å². The van der Waals surface area contributed by atoms with Gasteiger partial charge in [0.25, 0.3) is 0 Å². The third-order valence-electron chi connectivity index (χ3n) is 3.42. The van der Waals surface area contributed by atoms with Crippen LogP contribution in [0.25, 0.3) is 0 Å². The van der Waals surface area contributed by atoms with Crippen molar-refractivity contribution < 1.29 is 9.90 Å². The van der Waals surface area contributed by atoms with E-state index in [1.54, 1.807) is 0 Å². The SMILES string of the molecule is Cc1cc(=O)cc(C)n1C[C@@H](C(=O)O)c1ccccc1. The number of carboxylic acids is 1. The van der Waals surface area contributed by atoms with Gasteiger partial charge < -0.3 is 9.67 Å². The number of nitrogens with zero attached hydrogens (tertiary/aromatic N) is 1. The summed E-state index contributed by atoms with van der Waals surface area (Å²) in [5.74, 6) is -1.50. The fourth-order valence-electron chi connectivity index (χ4n) is 2.37. The molecule has 0 aliphatic rings. The Hall–Kier alpha value is -2.36. The lowest BCUT2D eigenvalue weighted by atomic mass is 9.99. The number of pyridine rings is 1. The minimum absolute atomic E-state index is 0.0529. The van der Waals surface area contributed by atoms with Gasteiger partial charge in [-0.2, -0.15) is 0 Å². The lowest BCUT2D eigenvalue weighted by Gasteiger charge is -2.19. The van der Waals surface area contributed by atoms with Crippen molar-refractivity contribution in [2.45, 2.75) is 26.3 Å². The molecule has 0 saturated heterocycles. The largest absolute Gasteiger partial charge is 0.481 e. The normalized spacial score (nSPS) is 12.1. The topological polar surface area (TPSA) is 59.3 Å². The maximum atomic E-state index is 11.5. The van der Waals surface area contributed by atoms with Crippen LogP contribution in [0.2, 0.25) is 0 Å². The molecule has 2 rings (SSSR count). The third-order valence-corrected chi connectivity index (χ3v) is 3.42. The molecule has 0 aliphatic heterocycles. The van der Waals surface area contributed by atoms with Crippen molar-refractivity contribution in [3.8, 4) is 0 Å². The summed E-state index contributed by atoms with van der Waals surface area (Å²) >= 11 is 0. The zero-order chi connectivity index (χ0) is 14.7. The van der Waals surface area contributed by atoms with E-state index in [-0.39, 0.29) is 5.43 Å². The minimum atomic E-state index is -0.867. The summed E-state index contributed by atoms with van der Waals surface area (Å²) in [5, 5.41) is 9.45. The molecule has 4 heteroatoms. The number of hydrogen-bond donors (Lipinski definition) is 1. The standard InChI is InChI=1S/C16H17NO3/c1-11-8-14(18)9-12(2)17(11)10-15(16(19)20)13-6-4-3-5-7-13/h3-9,15H,10H2,1-2H3,(H,19,20)/t15-/m1/s1. The molecule has 0 spiro atoms. The van der Waals surface area contributed by atoms with Gasteiger partial charge in [0.15, 0.2) is 5.43 Å². The van der Waals surface area contributed by atoms with E-state index in [2.05, 4.69) is 0 Å². The van der Waals surface area contributed by atoms with E-state index in [4.69, 9.17) is 0 Å². The van der Waals surface area contributed by atoms with Crippen LogP contribution in [0.1, 0.15) is 22.9 Å². The lowest BCUT2D eigenvalue weighted by molar-refractivity contribution is -0.139. The second-order valence-electron chi connectivity index (χ2n) is 4.89. The molecule has 0 radical (unpaired) electrons. The molecular weight excluding hydrogens is 254 g/mol. The fraction of sp³-hybridized carbons (Fsp3) is 0.250. The Labute approximate surface area is 117 Å². The van der Waals surface area contributed by atoms with Crippen molar-refractivity contribution >= 4 is 5.97 Å². The quantitative estimate of drug-likeness (QED) is 0.928. The van der Waals surface area contributed by atoms with Crippen molar-refractivity contribution in [1.82, 2.24) is 4.57 Å².